The van der Waals surface area contributed by atoms with Crippen LogP contribution in [0.3, 0.4) is 0 Å². The van der Waals surface area contributed by atoms with Crippen molar-refractivity contribution in [3.05, 3.63) is 29.3 Å². The average molecular weight is 234 g/mol. The van der Waals surface area contributed by atoms with Crippen LogP contribution in [0, 0.1) is 0 Å². The molecule has 4 nitrogen and oxygen atoms in total. The maximum absolute atomic E-state index is 11.1. The van der Waals surface area contributed by atoms with Crippen molar-refractivity contribution < 1.29 is 9.53 Å². The summed E-state index contributed by atoms with van der Waals surface area (Å²) in [5, 5.41) is 3.14. The van der Waals surface area contributed by atoms with Crippen LogP contribution < -0.4 is 5.32 Å². The minimum Gasteiger partial charge on any atom is -0.468 e. The molecule has 1 aromatic carbocycles. The number of likely N-dealkylation sites (N-methyl/N-ethyl adjacent to an activating group) is 1. The van der Waals surface area contributed by atoms with Crippen LogP contribution in [0.4, 0.5) is 5.69 Å². The van der Waals surface area contributed by atoms with E-state index >= 15 is 0 Å². The molecule has 17 heavy (non-hydrogen) atoms. The topological polar surface area (TPSA) is 41.6 Å². The molecule has 1 aromatic rings. The van der Waals surface area contributed by atoms with Crippen molar-refractivity contribution in [3.8, 4) is 0 Å². The van der Waals surface area contributed by atoms with Gasteiger partial charge in [0.25, 0.3) is 0 Å². The van der Waals surface area contributed by atoms with E-state index in [1.165, 1.54) is 18.2 Å². The van der Waals surface area contributed by atoms with E-state index in [2.05, 4.69) is 28.1 Å². The van der Waals surface area contributed by atoms with Gasteiger partial charge >= 0.3 is 5.97 Å². The predicted molar refractivity (Wildman–Crippen MR) is 67.0 cm³/mol. The van der Waals surface area contributed by atoms with Crippen LogP contribution in [0.1, 0.15) is 11.1 Å². The van der Waals surface area contributed by atoms with Crippen LogP contribution in [-0.4, -0.2) is 38.1 Å². The predicted octanol–water partition coefficient (Wildman–Crippen LogP) is 1.26. The van der Waals surface area contributed by atoms with Crippen LogP contribution in [0.25, 0.3) is 0 Å². The van der Waals surface area contributed by atoms with Crippen LogP contribution >= 0.6 is 0 Å². The lowest BCUT2D eigenvalue weighted by atomic mass is 9.98. The molecule has 4 heteroatoms. The molecular formula is C13H18N2O2. The molecule has 0 aliphatic carbocycles. The highest BCUT2D eigenvalue weighted by Gasteiger charge is 2.16. The van der Waals surface area contributed by atoms with Crippen LogP contribution in [0.2, 0.25) is 0 Å². The summed E-state index contributed by atoms with van der Waals surface area (Å²) in [5.74, 6) is -0.244. The van der Waals surface area contributed by atoms with Gasteiger partial charge < -0.3 is 15.0 Å². The molecule has 0 aromatic heterocycles. The summed E-state index contributed by atoms with van der Waals surface area (Å²) >= 11 is 0. The van der Waals surface area contributed by atoms with Gasteiger partial charge in [-0.1, -0.05) is 12.1 Å². The Balaban J connectivity index is 2.14. The van der Waals surface area contributed by atoms with Crippen molar-refractivity contribution >= 4 is 11.7 Å². The van der Waals surface area contributed by atoms with Crippen molar-refractivity contribution in [3.63, 3.8) is 0 Å². The molecule has 1 aliphatic rings. The number of anilines is 1. The van der Waals surface area contributed by atoms with Crippen molar-refractivity contribution in [2.24, 2.45) is 0 Å². The summed E-state index contributed by atoms with van der Waals surface area (Å²) in [4.78, 5) is 13.4. The number of fused-ring (bicyclic) bond motifs is 1. The molecule has 1 aliphatic heterocycles. The van der Waals surface area contributed by atoms with Crippen molar-refractivity contribution in [2.45, 2.75) is 13.0 Å². The number of rotatable bonds is 3. The Hall–Kier alpha value is -1.55. The molecule has 0 atom stereocenters. The zero-order valence-corrected chi connectivity index (χ0v) is 10.3. The molecule has 1 N–H and O–H groups in total. The van der Waals surface area contributed by atoms with Gasteiger partial charge in [0, 0.05) is 18.8 Å². The van der Waals surface area contributed by atoms with Crippen molar-refractivity contribution in [1.82, 2.24) is 4.90 Å². The number of methoxy groups -OCH3 is 1. The number of benzene rings is 1. The molecule has 0 fully saturated rings. The molecular weight excluding hydrogens is 216 g/mol. The molecule has 0 saturated carbocycles. The Bertz CT molecular complexity index is 418. The van der Waals surface area contributed by atoms with E-state index in [0.29, 0.717) is 0 Å². The van der Waals surface area contributed by atoms with Gasteiger partial charge in [0.1, 0.15) is 6.54 Å². The van der Waals surface area contributed by atoms with E-state index in [1.807, 2.05) is 12.1 Å². The van der Waals surface area contributed by atoms with E-state index < -0.39 is 0 Å². The zero-order chi connectivity index (χ0) is 12.3. The van der Waals surface area contributed by atoms with Gasteiger partial charge in [0.2, 0.25) is 0 Å². The van der Waals surface area contributed by atoms with Gasteiger partial charge in [-0.2, -0.15) is 0 Å². The normalized spacial score (nSPS) is 15.2. The van der Waals surface area contributed by atoms with Crippen LogP contribution in [-0.2, 0) is 22.5 Å². The second-order valence-corrected chi connectivity index (χ2v) is 4.36. The Morgan fingerprint density at radius 3 is 3.12 bits per heavy atom. The lowest BCUT2D eigenvalue weighted by molar-refractivity contribution is -0.138. The minimum absolute atomic E-state index is 0.219. The number of nitrogens with zero attached hydrogens (tertiary/aromatic N) is 1. The van der Waals surface area contributed by atoms with E-state index in [1.54, 1.807) is 0 Å². The summed E-state index contributed by atoms with van der Waals surface area (Å²) in [7, 11) is 3.51. The molecule has 0 bridgehead atoms. The third-order valence-corrected chi connectivity index (χ3v) is 3.11. The summed E-state index contributed by atoms with van der Waals surface area (Å²) in [5.41, 5.74) is 3.71. The number of carbonyl (C=O) groups is 1. The van der Waals surface area contributed by atoms with E-state index in [9.17, 15) is 4.79 Å². The van der Waals surface area contributed by atoms with E-state index in [0.717, 1.165) is 25.2 Å². The second-order valence-electron chi connectivity index (χ2n) is 4.36. The number of ether oxygens (including phenoxy) is 1. The smallest absolute Gasteiger partial charge is 0.325 e. The van der Waals surface area contributed by atoms with Gasteiger partial charge in [-0.3, -0.25) is 4.79 Å². The molecule has 92 valence electrons. The lowest BCUT2D eigenvalue weighted by Gasteiger charge is -2.27. The van der Waals surface area contributed by atoms with E-state index in [-0.39, 0.29) is 12.5 Å². The zero-order valence-electron chi connectivity index (χ0n) is 10.3. The fraction of sp³-hybridized carbons (Fsp3) is 0.462. The highest BCUT2D eigenvalue weighted by Crippen LogP contribution is 2.25. The molecule has 0 radical (unpaired) electrons. The number of nitrogens with one attached hydrogen (secondary N) is 1. The summed E-state index contributed by atoms with van der Waals surface area (Å²) in [6.45, 7) is 2.24. The standard InChI is InChI=1S/C13H18N2O2/c1-15-7-6-10-4-3-5-12(11(10)9-15)14-8-13(16)17-2/h3-5,14H,6-9H2,1-2H3. The van der Waals surface area contributed by atoms with Gasteiger partial charge in [0.15, 0.2) is 0 Å². The number of carbonyl (C=O) groups excluding carboxylic acids is 1. The fourth-order valence-corrected chi connectivity index (χ4v) is 2.12. The van der Waals surface area contributed by atoms with Gasteiger partial charge in [-0.25, -0.2) is 0 Å². The molecule has 0 amide bonds. The fourth-order valence-electron chi connectivity index (χ4n) is 2.12. The van der Waals surface area contributed by atoms with Crippen LogP contribution in [0.5, 0.6) is 0 Å². The largest absolute Gasteiger partial charge is 0.468 e. The maximum atomic E-state index is 11.1. The first kappa shape index (κ1) is 11.9. The highest BCUT2D eigenvalue weighted by atomic mass is 16.5. The molecule has 2 rings (SSSR count). The van der Waals surface area contributed by atoms with Gasteiger partial charge in [-0.15, -0.1) is 0 Å². The van der Waals surface area contributed by atoms with Crippen molar-refractivity contribution in [1.29, 1.82) is 0 Å². The minimum atomic E-state index is -0.244. The Labute approximate surface area is 102 Å². The first-order chi connectivity index (χ1) is 8.20. The quantitative estimate of drug-likeness (QED) is 0.799. The Kier molecular flexibility index (Phi) is 3.64. The third kappa shape index (κ3) is 2.77. The number of hydrogen-bond acceptors (Lipinski definition) is 4. The Morgan fingerprint density at radius 1 is 1.53 bits per heavy atom. The highest BCUT2D eigenvalue weighted by molar-refractivity contribution is 5.75. The van der Waals surface area contributed by atoms with Crippen LogP contribution in [0.15, 0.2) is 18.2 Å². The summed E-state index contributed by atoms with van der Waals surface area (Å²) in [6, 6.07) is 6.20. The molecule has 0 spiro atoms. The van der Waals surface area contributed by atoms with Gasteiger partial charge in [0.05, 0.1) is 7.11 Å². The Morgan fingerprint density at radius 2 is 2.35 bits per heavy atom. The first-order valence-corrected chi connectivity index (χ1v) is 5.80. The van der Waals surface area contributed by atoms with Crippen molar-refractivity contribution in [2.75, 3.05) is 32.6 Å². The van der Waals surface area contributed by atoms with Gasteiger partial charge in [-0.05, 0) is 30.7 Å². The molecule has 0 saturated heterocycles. The average Bonchev–Trinajstić information content (AvgIpc) is 2.35. The number of esters is 1. The monoisotopic (exact) mass is 234 g/mol. The first-order valence-electron chi connectivity index (χ1n) is 5.80. The maximum Gasteiger partial charge on any atom is 0.325 e. The van der Waals surface area contributed by atoms with E-state index in [4.69, 9.17) is 0 Å². The molecule has 0 unspecified atom stereocenters. The second kappa shape index (κ2) is 5.19. The molecule has 1 heterocycles. The SMILES string of the molecule is COC(=O)CNc1cccc2c1CN(C)CC2. The number of hydrogen-bond donors (Lipinski definition) is 1. The third-order valence-electron chi connectivity index (χ3n) is 3.11. The summed E-state index contributed by atoms with van der Waals surface area (Å²) < 4.78 is 4.63. The lowest BCUT2D eigenvalue weighted by Crippen LogP contribution is -2.27. The summed E-state index contributed by atoms with van der Waals surface area (Å²) in [6.07, 6.45) is 1.07.